The summed E-state index contributed by atoms with van der Waals surface area (Å²) in [6, 6.07) is -0.0622. The molecule has 2 rings (SSSR count). The van der Waals surface area contributed by atoms with Crippen molar-refractivity contribution in [3.8, 4) is 0 Å². The first-order valence-electron chi connectivity index (χ1n) is 8.01. The van der Waals surface area contributed by atoms with Crippen LogP contribution < -0.4 is 10.6 Å². The zero-order valence-corrected chi connectivity index (χ0v) is 14.9. The second-order valence-corrected chi connectivity index (χ2v) is 8.22. The lowest BCUT2D eigenvalue weighted by atomic mass is 9.97. The van der Waals surface area contributed by atoms with Crippen LogP contribution in [0.5, 0.6) is 0 Å². The number of aryl methyl sites for hydroxylation is 1. The second-order valence-electron chi connectivity index (χ2n) is 7.16. The molecule has 1 aromatic rings. The van der Waals surface area contributed by atoms with Crippen LogP contribution in [0, 0.1) is 12.8 Å². The minimum atomic E-state index is -0.181. The molecule has 0 unspecified atom stereocenters. The van der Waals surface area contributed by atoms with Crippen molar-refractivity contribution >= 4 is 17.4 Å². The molecule has 124 valence electrons. The molecule has 0 saturated carbocycles. The van der Waals surface area contributed by atoms with Crippen molar-refractivity contribution in [1.29, 1.82) is 0 Å². The van der Waals surface area contributed by atoms with Gasteiger partial charge in [0.2, 0.25) is 0 Å². The largest absolute Gasteiger partial charge is 0.338 e. The van der Waals surface area contributed by atoms with E-state index < -0.39 is 0 Å². The lowest BCUT2D eigenvalue weighted by Crippen LogP contribution is -2.48. The third-order valence-electron chi connectivity index (χ3n) is 3.80. The van der Waals surface area contributed by atoms with Crippen LogP contribution in [0.15, 0.2) is 5.38 Å². The van der Waals surface area contributed by atoms with Crippen molar-refractivity contribution in [3.63, 3.8) is 0 Å². The fourth-order valence-corrected chi connectivity index (χ4v) is 3.28. The number of hydrogen-bond acceptors (Lipinski definition) is 4. The van der Waals surface area contributed by atoms with Gasteiger partial charge in [-0.3, -0.25) is 4.90 Å². The van der Waals surface area contributed by atoms with Crippen molar-refractivity contribution in [2.75, 3.05) is 19.6 Å². The van der Waals surface area contributed by atoms with Crippen LogP contribution in [-0.2, 0) is 6.54 Å². The number of amides is 2. The summed E-state index contributed by atoms with van der Waals surface area (Å²) in [7, 11) is 0. The first kappa shape index (κ1) is 17.2. The number of carbonyl (C=O) groups excluding carboxylic acids is 1. The first-order valence-corrected chi connectivity index (χ1v) is 8.89. The standard InChI is InChI=1S/C16H28N4OS/c1-12-18-14(11-22-12)10-20-7-5-13(6-8-20)9-17-15(21)19-16(2,3)4/h11,13H,5-10H2,1-4H3,(H2,17,19,21). The summed E-state index contributed by atoms with van der Waals surface area (Å²) in [5.41, 5.74) is 1.00. The predicted molar refractivity (Wildman–Crippen MR) is 91.1 cm³/mol. The molecule has 0 aliphatic carbocycles. The third kappa shape index (κ3) is 5.93. The Kier molecular flexibility index (Phi) is 5.81. The van der Waals surface area contributed by atoms with E-state index in [0.717, 1.165) is 44.0 Å². The van der Waals surface area contributed by atoms with Crippen LogP contribution in [0.1, 0.15) is 44.3 Å². The summed E-state index contributed by atoms with van der Waals surface area (Å²) in [5.74, 6) is 0.583. The molecule has 1 fully saturated rings. The van der Waals surface area contributed by atoms with Crippen LogP contribution in [0.4, 0.5) is 4.79 Å². The van der Waals surface area contributed by atoms with Gasteiger partial charge in [0.1, 0.15) is 0 Å². The fourth-order valence-electron chi connectivity index (χ4n) is 2.68. The Bertz CT molecular complexity index is 487. The molecule has 0 bridgehead atoms. The van der Waals surface area contributed by atoms with E-state index in [0.29, 0.717) is 5.92 Å². The maximum Gasteiger partial charge on any atom is 0.315 e. The molecule has 0 radical (unpaired) electrons. The average Bonchev–Trinajstić information content (AvgIpc) is 2.81. The van der Waals surface area contributed by atoms with E-state index in [-0.39, 0.29) is 11.6 Å². The highest BCUT2D eigenvalue weighted by atomic mass is 32.1. The number of carbonyl (C=O) groups is 1. The SMILES string of the molecule is Cc1nc(CN2CCC(CNC(=O)NC(C)(C)C)CC2)cs1. The van der Waals surface area contributed by atoms with Gasteiger partial charge in [-0.1, -0.05) is 0 Å². The highest BCUT2D eigenvalue weighted by Crippen LogP contribution is 2.19. The number of urea groups is 1. The topological polar surface area (TPSA) is 57.3 Å². The zero-order chi connectivity index (χ0) is 16.2. The summed E-state index contributed by atoms with van der Waals surface area (Å²) in [4.78, 5) is 18.8. The van der Waals surface area contributed by atoms with Crippen LogP contribution in [0.25, 0.3) is 0 Å². The van der Waals surface area contributed by atoms with Gasteiger partial charge in [-0.05, 0) is 59.5 Å². The van der Waals surface area contributed by atoms with Gasteiger partial charge in [-0.15, -0.1) is 11.3 Å². The molecule has 0 aromatic carbocycles. The van der Waals surface area contributed by atoms with Crippen LogP contribution in [-0.4, -0.2) is 41.1 Å². The zero-order valence-electron chi connectivity index (χ0n) is 14.1. The maximum atomic E-state index is 11.8. The molecule has 2 amide bonds. The highest BCUT2D eigenvalue weighted by molar-refractivity contribution is 7.09. The number of thiazole rings is 1. The Hall–Kier alpha value is -1.14. The maximum absolute atomic E-state index is 11.8. The lowest BCUT2D eigenvalue weighted by Gasteiger charge is -2.31. The molecule has 2 heterocycles. The van der Waals surface area contributed by atoms with Crippen molar-refractivity contribution in [2.45, 2.75) is 52.6 Å². The fraction of sp³-hybridized carbons (Fsp3) is 0.750. The molecule has 1 saturated heterocycles. The number of rotatable bonds is 4. The van der Waals surface area contributed by atoms with E-state index in [1.54, 1.807) is 11.3 Å². The number of piperidine rings is 1. The second kappa shape index (κ2) is 7.42. The third-order valence-corrected chi connectivity index (χ3v) is 4.62. The Balaban J connectivity index is 1.66. The Morgan fingerprint density at radius 2 is 2.09 bits per heavy atom. The summed E-state index contributed by atoms with van der Waals surface area (Å²) in [5, 5.41) is 9.22. The normalized spacial score (nSPS) is 17.5. The lowest BCUT2D eigenvalue weighted by molar-refractivity contribution is 0.173. The Morgan fingerprint density at radius 1 is 1.41 bits per heavy atom. The monoisotopic (exact) mass is 324 g/mol. The first-order chi connectivity index (χ1) is 10.3. The van der Waals surface area contributed by atoms with Crippen LogP contribution in [0.3, 0.4) is 0 Å². The number of nitrogens with one attached hydrogen (secondary N) is 2. The van der Waals surface area contributed by atoms with E-state index in [2.05, 4.69) is 32.8 Å². The molecule has 5 nitrogen and oxygen atoms in total. The molecule has 22 heavy (non-hydrogen) atoms. The van der Waals surface area contributed by atoms with E-state index in [1.165, 1.54) is 5.69 Å². The van der Waals surface area contributed by atoms with Crippen LogP contribution >= 0.6 is 11.3 Å². The van der Waals surface area contributed by atoms with Gasteiger partial charge in [-0.25, -0.2) is 9.78 Å². The van der Waals surface area contributed by atoms with Gasteiger partial charge in [0.25, 0.3) is 0 Å². The van der Waals surface area contributed by atoms with E-state index in [4.69, 9.17) is 0 Å². The number of nitrogens with zero attached hydrogens (tertiary/aromatic N) is 2. The van der Waals surface area contributed by atoms with Gasteiger partial charge in [0, 0.05) is 24.0 Å². The van der Waals surface area contributed by atoms with Crippen molar-refractivity contribution < 1.29 is 4.79 Å². The van der Waals surface area contributed by atoms with Crippen molar-refractivity contribution in [1.82, 2.24) is 20.5 Å². The smallest absolute Gasteiger partial charge is 0.315 e. The van der Waals surface area contributed by atoms with E-state index in [1.807, 2.05) is 20.8 Å². The predicted octanol–water partition coefficient (Wildman–Crippen LogP) is 2.76. The summed E-state index contributed by atoms with van der Waals surface area (Å²) in [6.45, 7) is 11.9. The summed E-state index contributed by atoms with van der Waals surface area (Å²) >= 11 is 1.72. The minimum Gasteiger partial charge on any atom is -0.338 e. The molecule has 0 spiro atoms. The molecular formula is C16H28N4OS. The molecule has 0 atom stereocenters. The van der Waals surface area contributed by atoms with Crippen molar-refractivity contribution in [3.05, 3.63) is 16.1 Å². The van der Waals surface area contributed by atoms with Gasteiger partial charge >= 0.3 is 6.03 Å². The Labute approximate surface area is 137 Å². The van der Waals surface area contributed by atoms with Gasteiger partial charge < -0.3 is 10.6 Å². The minimum absolute atomic E-state index is 0.0622. The number of aromatic nitrogens is 1. The molecule has 6 heteroatoms. The van der Waals surface area contributed by atoms with Gasteiger partial charge in [0.05, 0.1) is 10.7 Å². The molecule has 1 aliphatic rings. The highest BCUT2D eigenvalue weighted by Gasteiger charge is 2.21. The number of hydrogen-bond donors (Lipinski definition) is 2. The van der Waals surface area contributed by atoms with Crippen molar-refractivity contribution in [2.24, 2.45) is 5.92 Å². The quantitative estimate of drug-likeness (QED) is 0.895. The average molecular weight is 324 g/mol. The molecule has 1 aromatic heterocycles. The van der Waals surface area contributed by atoms with Gasteiger partial charge in [0.15, 0.2) is 0 Å². The molecule has 2 N–H and O–H groups in total. The van der Waals surface area contributed by atoms with E-state index >= 15 is 0 Å². The number of likely N-dealkylation sites (tertiary alicyclic amines) is 1. The van der Waals surface area contributed by atoms with Crippen LogP contribution in [0.2, 0.25) is 0 Å². The molecule has 1 aliphatic heterocycles. The molecular weight excluding hydrogens is 296 g/mol. The van der Waals surface area contributed by atoms with E-state index in [9.17, 15) is 4.79 Å². The Morgan fingerprint density at radius 3 is 2.64 bits per heavy atom. The summed E-state index contributed by atoms with van der Waals surface area (Å²) < 4.78 is 0. The summed E-state index contributed by atoms with van der Waals surface area (Å²) in [6.07, 6.45) is 2.28. The van der Waals surface area contributed by atoms with Gasteiger partial charge in [-0.2, -0.15) is 0 Å².